The molecule has 1 aliphatic rings. The van der Waals surface area contributed by atoms with Gasteiger partial charge in [0, 0.05) is 12.0 Å². The third-order valence-corrected chi connectivity index (χ3v) is 3.44. The molecule has 17 heavy (non-hydrogen) atoms. The number of halogens is 2. The minimum absolute atomic E-state index is 0.0157. The monoisotopic (exact) mass is 239 g/mol. The van der Waals surface area contributed by atoms with Gasteiger partial charge in [-0.1, -0.05) is 29.8 Å². The molecule has 0 aromatic heterocycles. The minimum Gasteiger partial charge on any atom is -0.317 e. The second-order valence-electron chi connectivity index (χ2n) is 4.97. The number of alkyl halides is 2. The van der Waals surface area contributed by atoms with Crippen molar-refractivity contribution in [3.63, 3.8) is 0 Å². The molecular formula is C14H19F2N. The van der Waals surface area contributed by atoms with Gasteiger partial charge in [0.2, 0.25) is 0 Å². The summed E-state index contributed by atoms with van der Waals surface area (Å²) in [6, 6.07) is 6.69. The van der Waals surface area contributed by atoms with E-state index in [4.69, 9.17) is 0 Å². The van der Waals surface area contributed by atoms with E-state index >= 15 is 0 Å². The number of piperidine rings is 1. The standard InChI is InChI=1S/C14H19F2N/c1-11-3-2-4-13(9-11)14(15,16)10-12-5-7-17-8-6-12/h2-4,9,12,17H,5-8,10H2,1H3. The van der Waals surface area contributed by atoms with Gasteiger partial charge in [0.25, 0.3) is 5.92 Å². The van der Waals surface area contributed by atoms with E-state index in [9.17, 15) is 8.78 Å². The van der Waals surface area contributed by atoms with Crippen LogP contribution in [0.2, 0.25) is 0 Å². The molecule has 0 unspecified atom stereocenters. The van der Waals surface area contributed by atoms with Crippen molar-refractivity contribution in [2.24, 2.45) is 5.92 Å². The molecule has 1 heterocycles. The zero-order chi connectivity index (χ0) is 12.3. The molecule has 0 aliphatic carbocycles. The van der Waals surface area contributed by atoms with E-state index in [1.165, 1.54) is 6.07 Å². The van der Waals surface area contributed by atoms with Crippen LogP contribution in [-0.4, -0.2) is 13.1 Å². The minimum atomic E-state index is -2.69. The Kier molecular flexibility index (Phi) is 3.77. The van der Waals surface area contributed by atoms with Gasteiger partial charge in [-0.3, -0.25) is 0 Å². The fourth-order valence-electron chi connectivity index (χ4n) is 2.44. The summed E-state index contributed by atoms with van der Waals surface area (Å²) in [5.74, 6) is -2.54. The zero-order valence-electron chi connectivity index (χ0n) is 10.2. The smallest absolute Gasteiger partial charge is 0.273 e. The summed E-state index contributed by atoms with van der Waals surface area (Å²) in [6.07, 6.45) is 1.71. The molecule has 1 aromatic rings. The van der Waals surface area contributed by atoms with Crippen molar-refractivity contribution < 1.29 is 8.78 Å². The lowest BCUT2D eigenvalue weighted by atomic mass is 9.89. The normalized spacial score (nSPS) is 18.3. The first-order chi connectivity index (χ1) is 8.08. The Labute approximate surface area is 101 Å². The molecule has 1 aliphatic heterocycles. The Morgan fingerprint density at radius 2 is 2.00 bits per heavy atom. The van der Waals surface area contributed by atoms with Crippen LogP contribution < -0.4 is 5.32 Å². The lowest BCUT2D eigenvalue weighted by Crippen LogP contribution is -2.30. The molecule has 1 N–H and O–H groups in total. The Morgan fingerprint density at radius 1 is 1.29 bits per heavy atom. The Hall–Kier alpha value is -0.960. The van der Waals surface area contributed by atoms with E-state index in [2.05, 4.69) is 5.32 Å². The zero-order valence-corrected chi connectivity index (χ0v) is 10.2. The summed E-state index contributed by atoms with van der Waals surface area (Å²) < 4.78 is 28.2. The summed E-state index contributed by atoms with van der Waals surface area (Å²) in [5, 5.41) is 3.20. The van der Waals surface area contributed by atoms with Gasteiger partial charge < -0.3 is 5.32 Å². The van der Waals surface area contributed by atoms with Crippen molar-refractivity contribution in [3.05, 3.63) is 35.4 Å². The van der Waals surface area contributed by atoms with Crippen LogP contribution in [0.15, 0.2) is 24.3 Å². The number of hydrogen-bond donors (Lipinski definition) is 1. The van der Waals surface area contributed by atoms with Crippen molar-refractivity contribution in [2.75, 3.05) is 13.1 Å². The Bertz CT molecular complexity index is 370. The van der Waals surface area contributed by atoms with Gasteiger partial charge >= 0.3 is 0 Å². The lowest BCUT2D eigenvalue weighted by molar-refractivity contribution is -0.0326. The van der Waals surface area contributed by atoms with E-state index < -0.39 is 5.92 Å². The molecular weight excluding hydrogens is 220 g/mol. The predicted octanol–water partition coefficient (Wildman–Crippen LogP) is 3.48. The molecule has 0 bridgehead atoms. The Balaban J connectivity index is 2.06. The van der Waals surface area contributed by atoms with Gasteiger partial charge in [-0.2, -0.15) is 0 Å². The summed E-state index contributed by atoms with van der Waals surface area (Å²) >= 11 is 0. The van der Waals surface area contributed by atoms with Crippen LogP contribution in [0.25, 0.3) is 0 Å². The molecule has 2 rings (SSSR count). The van der Waals surface area contributed by atoms with Crippen molar-refractivity contribution in [1.82, 2.24) is 5.32 Å². The highest BCUT2D eigenvalue weighted by atomic mass is 19.3. The van der Waals surface area contributed by atoms with Crippen LogP contribution in [0.4, 0.5) is 8.78 Å². The van der Waals surface area contributed by atoms with Gasteiger partial charge in [0.05, 0.1) is 0 Å². The summed E-state index contributed by atoms with van der Waals surface area (Å²) in [7, 11) is 0. The average molecular weight is 239 g/mol. The second-order valence-corrected chi connectivity index (χ2v) is 4.97. The van der Waals surface area contributed by atoms with E-state index in [1.807, 2.05) is 13.0 Å². The summed E-state index contributed by atoms with van der Waals surface area (Å²) in [5.41, 5.74) is 1.06. The van der Waals surface area contributed by atoms with Crippen LogP contribution in [0.3, 0.4) is 0 Å². The molecule has 0 saturated carbocycles. The van der Waals surface area contributed by atoms with Crippen LogP contribution in [0, 0.1) is 12.8 Å². The van der Waals surface area contributed by atoms with Crippen LogP contribution in [0.1, 0.15) is 30.4 Å². The number of nitrogens with one attached hydrogen (secondary N) is 1. The molecule has 0 spiro atoms. The van der Waals surface area contributed by atoms with Gasteiger partial charge in [-0.15, -0.1) is 0 Å². The largest absolute Gasteiger partial charge is 0.317 e. The van der Waals surface area contributed by atoms with E-state index in [0.29, 0.717) is 0 Å². The van der Waals surface area contributed by atoms with Gasteiger partial charge in [0.1, 0.15) is 0 Å². The molecule has 0 atom stereocenters. The molecule has 1 nitrogen and oxygen atoms in total. The quantitative estimate of drug-likeness (QED) is 0.851. The van der Waals surface area contributed by atoms with Crippen LogP contribution in [-0.2, 0) is 5.92 Å². The highest BCUT2D eigenvalue weighted by molar-refractivity contribution is 5.25. The molecule has 1 aromatic carbocycles. The number of rotatable bonds is 3. The molecule has 1 saturated heterocycles. The van der Waals surface area contributed by atoms with E-state index in [-0.39, 0.29) is 17.9 Å². The summed E-state index contributed by atoms with van der Waals surface area (Å²) in [4.78, 5) is 0. The first-order valence-corrected chi connectivity index (χ1v) is 6.23. The maximum Gasteiger partial charge on any atom is 0.273 e. The van der Waals surface area contributed by atoms with Crippen molar-refractivity contribution >= 4 is 0 Å². The van der Waals surface area contributed by atoms with Gasteiger partial charge in [-0.25, -0.2) is 8.78 Å². The van der Waals surface area contributed by atoms with Crippen LogP contribution >= 0.6 is 0 Å². The molecule has 94 valence electrons. The van der Waals surface area contributed by atoms with Crippen molar-refractivity contribution in [2.45, 2.75) is 32.1 Å². The molecule has 0 radical (unpaired) electrons. The highest BCUT2D eigenvalue weighted by Gasteiger charge is 2.34. The maximum atomic E-state index is 14.1. The number of hydrogen-bond acceptors (Lipinski definition) is 1. The third kappa shape index (κ3) is 3.25. The van der Waals surface area contributed by atoms with Crippen molar-refractivity contribution in [3.8, 4) is 0 Å². The lowest BCUT2D eigenvalue weighted by Gasteiger charge is -2.27. The van der Waals surface area contributed by atoms with E-state index in [1.54, 1.807) is 12.1 Å². The second kappa shape index (κ2) is 5.13. The molecule has 3 heteroatoms. The first-order valence-electron chi connectivity index (χ1n) is 6.23. The number of aryl methyl sites for hydroxylation is 1. The third-order valence-electron chi connectivity index (χ3n) is 3.44. The van der Waals surface area contributed by atoms with Gasteiger partial charge in [-0.05, 0) is 38.8 Å². The topological polar surface area (TPSA) is 12.0 Å². The van der Waals surface area contributed by atoms with E-state index in [0.717, 1.165) is 31.5 Å². The van der Waals surface area contributed by atoms with Gasteiger partial charge in [0.15, 0.2) is 0 Å². The Morgan fingerprint density at radius 3 is 2.65 bits per heavy atom. The average Bonchev–Trinajstić information content (AvgIpc) is 2.30. The fraction of sp³-hybridized carbons (Fsp3) is 0.571. The predicted molar refractivity (Wildman–Crippen MR) is 65.3 cm³/mol. The molecule has 0 amide bonds. The maximum absolute atomic E-state index is 14.1. The first kappa shape index (κ1) is 12.5. The molecule has 1 fully saturated rings. The fourth-order valence-corrected chi connectivity index (χ4v) is 2.44. The highest BCUT2D eigenvalue weighted by Crippen LogP contribution is 2.37. The number of benzene rings is 1. The SMILES string of the molecule is Cc1cccc(C(F)(F)CC2CCNCC2)c1. The summed E-state index contributed by atoms with van der Waals surface area (Å²) in [6.45, 7) is 3.59. The van der Waals surface area contributed by atoms with Crippen molar-refractivity contribution in [1.29, 1.82) is 0 Å². The van der Waals surface area contributed by atoms with Crippen LogP contribution in [0.5, 0.6) is 0 Å².